The molecule has 1 amide bonds. The summed E-state index contributed by atoms with van der Waals surface area (Å²) in [5, 5.41) is 11.0. The summed E-state index contributed by atoms with van der Waals surface area (Å²) in [5.41, 5.74) is 7.35. The SMILES string of the molecule is COCC[C@@H]1CCCN(C(=O)CN2CCn3c(c(C4CCCCC4)c4ccc(C(=O)O)cc43)-c3ccc(C)cc32)C1. The first kappa shape index (κ1) is 27.8. The molecule has 1 saturated heterocycles. The average Bonchev–Trinajstić information content (AvgIpc) is 3.23. The lowest BCUT2D eigenvalue weighted by atomic mass is 9.81. The van der Waals surface area contributed by atoms with Gasteiger partial charge in [-0.1, -0.05) is 37.5 Å². The summed E-state index contributed by atoms with van der Waals surface area (Å²) in [4.78, 5) is 30.0. The molecule has 7 nitrogen and oxygen atoms in total. The minimum absolute atomic E-state index is 0.191. The van der Waals surface area contributed by atoms with Gasteiger partial charge in [-0.25, -0.2) is 4.79 Å². The molecule has 1 aliphatic carbocycles. The molecule has 2 fully saturated rings. The van der Waals surface area contributed by atoms with Crippen molar-refractivity contribution in [1.29, 1.82) is 0 Å². The van der Waals surface area contributed by atoms with Gasteiger partial charge in [-0.15, -0.1) is 0 Å². The number of nitrogens with zero attached hydrogens (tertiary/aromatic N) is 3. The molecule has 6 rings (SSSR count). The molecular formula is C34H43N3O4. The van der Waals surface area contributed by atoms with Gasteiger partial charge in [0.2, 0.25) is 5.91 Å². The van der Waals surface area contributed by atoms with Crippen LogP contribution in [0.2, 0.25) is 0 Å². The van der Waals surface area contributed by atoms with E-state index in [1.807, 2.05) is 12.1 Å². The predicted octanol–water partition coefficient (Wildman–Crippen LogP) is 6.46. The van der Waals surface area contributed by atoms with Crippen LogP contribution in [0.15, 0.2) is 36.4 Å². The maximum atomic E-state index is 13.7. The summed E-state index contributed by atoms with van der Waals surface area (Å²) in [6.07, 6.45) is 9.26. The number of amides is 1. The van der Waals surface area contributed by atoms with Crippen molar-refractivity contribution in [2.75, 3.05) is 44.8 Å². The molecule has 1 atom stereocenters. The Morgan fingerprint density at radius 2 is 1.80 bits per heavy atom. The van der Waals surface area contributed by atoms with Crippen molar-refractivity contribution < 1.29 is 19.4 Å². The molecule has 0 bridgehead atoms. The van der Waals surface area contributed by atoms with Crippen LogP contribution in [-0.4, -0.2) is 66.3 Å². The summed E-state index contributed by atoms with van der Waals surface area (Å²) in [7, 11) is 1.74. The monoisotopic (exact) mass is 557 g/mol. The molecule has 218 valence electrons. The van der Waals surface area contributed by atoms with Crippen molar-refractivity contribution in [3.8, 4) is 11.3 Å². The Balaban J connectivity index is 1.40. The highest BCUT2D eigenvalue weighted by Gasteiger charge is 2.32. The number of carbonyl (C=O) groups is 2. The second kappa shape index (κ2) is 11.9. The van der Waals surface area contributed by atoms with Crippen LogP contribution < -0.4 is 4.90 Å². The molecule has 1 N–H and O–H groups in total. The Hall–Kier alpha value is -3.32. The molecule has 41 heavy (non-hydrogen) atoms. The van der Waals surface area contributed by atoms with E-state index in [0.717, 1.165) is 68.6 Å². The number of aromatic nitrogens is 1. The maximum absolute atomic E-state index is 13.7. The first-order valence-electron chi connectivity index (χ1n) is 15.5. The van der Waals surface area contributed by atoms with E-state index < -0.39 is 5.97 Å². The van der Waals surface area contributed by atoms with Crippen LogP contribution >= 0.6 is 0 Å². The van der Waals surface area contributed by atoms with E-state index in [1.54, 1.807) is 13.2 Å². The standard InChI is InChI=1S/C34H43N3O4/c1-23-10-12-28-29(19-23)35(22-31(38)36-15-6-7-24(21-36)14-18-41-2)16-17-37-30-20-26(34(39)40)11-13-27(30)32(33(28)37)25-8-4-3-5-9-25/h10-13,19-20,24-25H,3-9,14-18,21-22H2,1-2H3,(H,39,40)/t24-/m0/s1. The molecule has 0 spiro atoms. The summed E-state index contributed by atoms with van der Waals surface area (Å²) in [5.74, 6) is 0.248. The van der Waals surface area contributed by atoms with Crippen molar-refractivity contribution in [3.05, 3.63) is 53.1 Å². The Bertz CT molecular complexity index is 1440. The van der Waals surface area contributed by atoms with Crippen LogP contribution in [0.4, 0.5) is 5.69 Å². The van der Waals surface area contributed by atoms with Gasteiger partial charge in [0.15, 0.2) is 0 Å². The van der Waals surface area contributed by atoms with Crippen molar-refractivity contribution in [2.24, 2.45) is 5.92 Å². The fourth-order valence-electron chi connectivity index (χ4n) is 7.52. The number of carbonyl (C=O) groups excluding carboxylic acids is 1. The lowest BCUT2D eigenvalue weighted by Gasteiger charge is -2.35. The van der Waals surface area contributed by atoms with E-state index >= 15 is 0 Å². The number of anilines is 1. The number of hydrogen-bond donors (Lipinski definition) is 1. The molecule has 2 aliphatic heterocycles. The predicted molar refractivity (Wildman–Crippen MR) is 163 cm³/mol. The summed E-state index contributed by atoms with van der Waals surface area (Å²) >= 11 is 0. The third-order valence-electron chi connectivity index (χ3n) is 9.63. The quantitative estimate of drug-likeness (QED) is 0.361. The van der Waals surface area contributed by atoms with E-state index in [0.29, 0.717) is 37.0 Å². The summed E-state index contributed by atoms with van der Waals surface area (Å²) in [6, 6.07) is 12.3. The normalized spacial score (nSPS) is 19.6. The zero-order chi connectivity index (χ0) is 28.5. The molecular weight excluding hydrogens is 514 g/mol. The van der Waals surface area contributed by atoms with Gasteiger partial charge in [-0.05, 0) is 80.2 Å². The van der Waals surface area contributed by atoms with Crippen LogP contribution in [0.5, 0.6) is 0 Å². The van der Waals surface area contributed by atoms with Crippen molar-refractivity contribution in [1.82, 2.24) is 9.47 Å². The van der Waals surface area contributed by atoms with Gasteiger partial charge < -0.3 is 24.2 Å². The first-order chi connectivity index (χ1) is 19.9. The van der Waals surface area contributed by atoms with Crippen LogP contribution in [0, 0.1) is 12.8 Å². The number of carboxylic acid groups (broad SMARTS) is 1. The second-order valence-corrected chi connectivity index (χ2v) is 12.4. The van der Waals surface area contributed by atoms with E-state index in [4.69, 9.17) is 4.74 Å². The van der Waals surface area contributed by atoms with Crippen LogP contribution in [0.1, 0.15) is 78.8 Å². The van der Waals surface area contributed by atoms with Gasteiger partial charge >= 0.3 is 5.97 Å². The van der Waals surface area contributed by atoms with Gasteiger partial charge in [0.05, 0.1) is 17.8 Å². The molecule has 1 saturated carbocycles. The number of benzene rings is 2. The van der Waals surface area contributed by atoms with Gasteiger partial charge in [0.1, 0.15) is 0 Å². The summed E-state index contributed by atoms with van der Waals surface area (Å²) < 4.78 is 7.66. The molecule has 0 radical (unpaired) electrons. The molecule has 3 aromatic rings. The number of carboxylic acids is 1. The Kier molecular flexibility index (Phi) is 8.07. The van der Waals surface area contributed by atoms with Crippen molar-refractivity contribution >= 4 is 28.5 Å². The van der Waals surface area contributed by atoms with E-state index in [9.17, 15) is 14.7 Å². The highest BCUT2D eigenvalue weighted by atomic mass is 16.5. The Morgan fingerprint density at radius 3 is 2.59 bits per heavy atom. The second-order valence-electron chi connectivity index (χ2n) is 12.4. The van der Waals surface area contributed by atoms with Gasteiger partial charge in [0.25, 0.3) is 0 Å². The van der Waals surface area contributed by atoms with E-state index in [-0.39, 0.29) is 5.91 Å². The zero-order valence-corrected chi connectivity index (χ0v) is 24.5. The minimum Gasteiger partial charge on any atom is -0.478 e. The third kappa shape index (κ3) is 5.49. The van der Waals surface area contributed by atoms with Gasteiger partial charge in [-0.2, -0.15) is 0 Å². The number of rotatable bonds is 7. The third-order valence-corrected chi connectivity index (χ3v) is 9.63. The molecule has 2 aromatic carbocycles. The lowest BCUT2D eigenvalue weighted by molar-refractivity contribution is -0.131. The molecule has 0 unspecified atom stereocenters. The maximum Gasteiger partial charge on any atom is 0.335 e. The Morgan fingerprint density at radius 1 is 0.976 bits per heavy atom. The highest BCUT2D eigenvalue weighted by Crippen LogP contribution is 2.47. The average molecular weight is 558 g/mol. The Labute approximate surface area is 243 Å². The largest absolute Gasteiger partial charge is 0.478 e. The van der Waals surface area contributed by atoms with E-state index in [2.05, 4.69) is 39.5 Å². The number of methoxy groups -OCH3 is 1. The summed E-state index contributed by atoms with van der Waals surface area (Å²) in [6.45, 7) is 6.25. The lowest BCUT2D eigenvalue weighted by Crippen LogP contribution is -2.45. The topological polar surface area (TPSA) is 75.0 Å². The number of ether oxygens (including phenoxy) is 1. The zero-order valence-electron chi connectivity index (χ0n) is 24.5. The van der Waals surface area contributed by atoms with Gasteiger partial charge in [0, 0.05) is 62.0 Å². The highest BCUT2D eigenvalue weighted by molar-refractivity contribution is 6.00. The fourth-order valence-corrected chi connectivity index (χ4v) is 7.52. The molecule has 3 aliphatic rings. The number of likely N-dealkylation sites (tertiary alicyclic amines) is 1. The number of fused-ring (bicyclic) bond motifs is 5. The number of aromatic carboxylic acids is 1. The van der Waals surface area contributed by atoms with E-state index in [1.165, 1.54) is 41.5 Å². The minimum atomic E-state index is -0.899. The number of hydrogen-bond acceptors (Lipinski definition) is 4. The van der Waals surface area contributed by atoms with Crippen LogP contribution in [0.3, 0.4) is 0 Å². The molecule has 7 heteroatoms. The first-order valence-corrected chi connectivity index (χ1v) is 15.5. The van der Waals surface area contributed by atoms with Crippen LogP contribution in [-0.2, 0) is 16.1 Å². The number of aryl methyl sites for hydroxylation is 1. The fraction of sp³-hybridized carbons (Fsp3) is 0.529. The molecule has 3 heterocycles. The molecule has 1 aromatic heterocycles. The van der Waals surface area contributed by atoms with Crippen molar-refractivity contribution in [2.45, 2.75) is 70.8 Å². The van der Waals surface area contributed by atoms with Gasteiger partial charge in [-0.3, -0.25) is 4.79 Å². The smallest absolute Gasteiger partial charge is 0.335 e. The van der Waals surface area contributed by atoms with Crippen molar-refractivity contribution in [3.63, 3.8) is 0 Å². The number of piperidine rings is 1. The van der Waals surface area contributed by atoms with Crippen LogP contribution in [0.25, 0.3) is 22.2 Å².